The van der Waals surface area contributed by atoms with Crippen molar-refractivity contribution in [3.05, 3.63) is 28.2 Å². The Bertz CT molecular complexity index is 371. The quantitative estimate of drug-likeness (QED) is 0.837. The third kappa shape index (κ3) is 4.96. The van der Waals surface area contributed by atoms with Crippen LogP contribution in [0.15, 0.2) is 22.7 Å². The number of hydrogen-bond donors (Lipinski definition) is 1. The Labute approximate surface area is 119 Å². The average molecular weight is 315 g/mol. The van der Waals surface area contributed by atoms with Gasteiger partial charge >= 0.3 is 0 Å². The SMILES string of the molecule is CCN(C)CC(C)NCc1ccc(OC)c(Br)c1. The van der Waals surface area contributed by atoms with Crippen molar-refractivity contribution in [1.29, 1.82) is 0 Å². The number of nitrogens with zero attached hydrogens (tertiary/aromatic N) is 1. The van der Waals surface area contributed by atoms with Crippen LogP contribution in [-0.2, 0) is 6.54 Å². The largest absolute Gasteiger partial charge is 0.496 e. The predicted octanol–water partition coefficient (Wildman–Crippen LogP) is 2.89. The molecule has 3 nitrogen and oxygen atoms in total. The number of methoxy groups -OCH3 is 1. The van der Waals surface area contributed by atoms with Gasteiger partial charge in [-0.2, -0.15) is 0 Å². The molecule has 0 aliphatic rings. The summed E-state index contributed by atoms with van der Waals surface area (Å²) in [6, 6.07) is 6.66. The van der Waals surface area contributed by atoms with Gasteiger partial charge in [0.25, 0.3) is 0 Å². The fourth-order valence-corrected chi connectivity index (χ4v) is 2.36. The lowest BCUT2D eigenvalue weighted by molar-refractivity contribution is 0.309. The minimum Gasteiger partial charge on any atom is -0.496 e. The molecule has 0 bridgehead atoms. The molecule has 0 saturated carbocycles. The summed E-state index contributed by atoms with van der Waals surface area (Å²) in [6.07, 6.45) is 0. The molecule has 1 aromatic carbocycles. The maximum atomic E-state index is 5.22. The number of nitrogens with one attached hydrogen (secondary N) is 1. The van der Waals surface area contributed by atoms with Crippen molar-refractivity contribution >= 4 is 15.9 Å². The molecule has 0 amide bonds. The van der Waals surface area contributed by atoms with Crippen molar-refractivity contribution in [2.24, 2.45) is 0 Å². The van der Waals surface area contributed by atoms with Crippen LogP contribution in [0.2, 0.25) is 0 Å². The summed E-state index contributed by atoms with van der Waals surface area (Å²) in [5, 5.41) is 3.53. The van der Waals surface area contributed by atoms with E-state index in [2.05, 4.69) is 59.2 Å². The molecule has 0 spiro atoms. The van der Waals surface area contributed by atoms with E-state index >= 15 is 0 Å². The molecule has 1 rings (SSSR count). The first-order valence-electron chi connectivity index (χ1n) is 6.31. The lowest BCUT2D eigenvalue weighted by Gasteiger charge is -2.20. The molecular formula is C14H23BrN2O. The Morgan fingerprint density at radius 1 is 1.44 bits per heavy atom. The van der Waals surface area contributed by atoms with E-state index in [1.807, 2.05) is 6.07 Å². The Kier molecular flexibility index (Phi) is 6.68. The molecule has 0 fully saturated rings. The fourth-order valence-electron chi connectivity index (χ4n) is 1.77. The first kappa shape index (κ1) is 15.5. The van der Waals surface area contributed by atoms with Gasteiger partial charge in [-0.15, -0.1) is 0 Å². The van der Waals surface area contributed by atoms with Crippen LogP contribution in [0.4, 0.5) is 0 Å². The Morgan fingerprint density at radius 2 is 2.17 bits per heavy atom. The zero-order valence-electron chi connectivity index (χ0n) is 11.7. The number of ether oxygens (including phenoxy) is 1. The highest BCUT2D eigenvalue weighted by molar-refractivity contribution is 9.10. The molecule has 102 valence electrons. The van der Waals surface area contributed by atoms with Gasteiger partial charge in [0, 0.05) is 19.1 Å². The minimum atomic E-state index is 0.482. The second-order valence-corrected chi connectivity index (χ2v) is 5.46. The smallest absolute Gasteiger partial charge is 0.133 e. The summed E-state index contributed by atoms with van der Waals surface area (Å²) >= 11 is 3.50. The third-order valence-corrected chi connectivity index (χ3v) is 3.62. The summed E-state index contributed by atoms with van der Waals surface area (Å²) in [5.41, 5.74) is 1.26. The Hall–Kier alpha value is -0.580. The zero-order valence-corrected chi connectivity index (χ0v) is 13.3. The van der Waals surface area contributed by atoms with E-state index in [0.29, 0.717) is 6.04 Å². The van der Waals surface area contributed by atoms with Gasteiger partial charge in [-0.25, -0.2) is 0 Å². The van der Waals surface area contributed by atoms with Gasteiger partial charge in [-0.3, -0.25) is 0 Å². The molecule has 1 unspecified atom stereocenters. The number of rotatable bonds is 7. The van der Waals surface area contributed by atoms with Crippen molar-refractivity contribution in [1.82, 2.24) is 10.2 Å². The van der Waals surface area contributed by atoms with Crippen LogP contribution >= 0.6 is 15.9 Å². The Morgan fingerprint density at radius 3 is 2.72 bits per heavy atom. The number of benzene rings is 1. The maximum absolute atomic E-state index is 5.22. The maximum Gasteiger partial charge on any atom is 0.133 e. The standard InChI is InChI=1S/C14H23BrN2O/c1-5-17(3)10-11(2)16-9-12-6-7-14(18-4)13(15)8-12/h6-8,11,16H,5,9-10H2,1-4H3. The highest BCUT2D eigenvalue weighted by atomic mass is 79.9. The van der Waals surface area contributed by atoms with Crippen molar-refractivity contribution < 1.29 is 4.74 Å². The highest BCUT2D eigenvalue weighted by Crippen LogP contribution is 2.25. The first-order valence-corrected chi connectivity index (χ1v) is 7.10. The normalized spacial score (nSPS) is 12.8. The van der Waals surface area contributed by atoms with Gasteiger partial charge in [0.2, 0.25) is 0 Å². The van der Waals surface area contributed by atoms with Gasteiger partial charge < -0.3 is 15.0 Å². The van der Waals surface area contributed by atoms with Gasteiger partial charge in [-0.05, 0) is 54.1 Å². The fraction of sp³-hybridized carbons (Fsp3) is 0.571. The van der Waals surface area contributed by atoms with Crippen LogP contribution in [0.25, 0.3) is 0 Å². The summed E-state index contributed by atoms with van der Waals surface area (Å²) in [6.45, 7) is 7.41. The second-order valence-electron chi connectivity index (χ2n) is 4.61. The molecule has 0 radical (unpaired) electrons. The van der Waals surface area contributed by atoms with Gasteiger partial charge in [0.05, 0.1) is 11.6 Å². The topological polar surface area (TPSA) is 24.5 Å². The summed E-state index contributed by atoms with van der Waals surface area (Å²) < 4.78 is 6.22. The molecule has 1 N–H and O–H groups in total. The lowest BCUT2D eigenvalue weighted by atomic mass is 10.2. The van der Waals surface area contributed by atoms with Crippen LogP contribution < -0.4 is 10.1 Å². The molecule has 1 atom stereocenters. The van der Waals surface area contributed by atoms with E-state index in [0.717, 1.165) is 29.9 Å². The number of halogens is 1. The molecule has 18 heavy (non-hydrogen) atoms. The van der Waals surface area contributed by atoms with Gasteiger partial charge in [0.15, 0.2) is 0 Å². The molecule has 1 aromatic rings. The van der Waals surface area contributed by atoms with E-state index in [-0.39, 0.29) is 0 Å². The highest BCUT2D eigenvalue weighted by Gasteiger charge is 2.06. The summed E-state index contributed by atoms with van der Waals surface area (Å²) in [7, 11) is 3.82. The van der Waals surface area contributed by atoms with Crippen molar-refractivity contribution in [2.75, 3.05) is 27.2 Å². The van der Waals surface area contributed by atoms with E-state index in [1.165, 1.54) is 5.56 Å². The molecule has 0 heterocycles. The van der Waals surface area contributed by atoms with Crippen LogP contribution in [0.3, 0.4) is 0 Å². The molecular weight excluding hydrogens is 292 g/mol. The average Bonchev–Trinajstić information content (AvgIpc) is 2.36. The van der Waals surface area contributed by atoms with Crippen molar-refractivity contribution in [3.8, 4) is 5.75 Å². The number of hydrogen-bond acceptors (Lipinski definition) is 3. The third-order valence-electron chi connectivity index (χ3n) is 3.00. The number of likely N-dealkylation sites (N-methyl/N-ethyl adjacent to an activating group) is 1. The monoisotopic (exact) mass is 314 g/mol. The second kappa shape index (κ2) is 7.77. The van der Waals surface area contributed by atoms with Gasteiger partial charge in [-0.1, -0.05) is 13.0 Å². The molecule has 0 aliphatic carbocycles. The zero-order chi connectivity index (χ0) is 13.5. The Balaban J connectivity index is 2.46. The lowest BCUT2D eigenvalue weighted by Crippen LogP contribution is -2.36. The van der Waals surface area contributed by atoms with Crippen molar-refractivity contribution in [2.45, 2.75) is 26.4 Å². The van der Waals surface area contributed by atoms with E-state index in [4.69, 9.17) is 4.74 Å². The molecule has 0 aliphatic heterocycles. The minimum absolute atomic E-state index is 0.482. The van der Waals surface area contributed by atoms with Crippen LogP contribution in [-0.4, -0.2) is 38.2 Å². The van der Waals surface area contributed by atoms with E-state index < -0.39 is 0 Å². The summed E-state index contributed by atoms with van der Waals surface area (Å²) in [5.74, 6) is 0.873. The van der Waals surface area contributed by atoms with E-state index in [9.17, 15) is 0 Å². The van der Waals surface area contributed by atoms with E-state index in [1.54, 1.807) is 7.11 Å². The van der Waals surface area contributed by atoms with Crippen molar-refractivity contribution in [3.63, 3.8) is 0 Å². The van der Waals surface area contributed by atoms with Crippen LogP contribution in [0, 0.1) is 0 Å². The predicted molar refractivity (Wildman–Crippen MR) is 80.2 cm³/mol. The molecule has 0 aromatic heterocycles. The van der Waals surface area contributed by atoms with Crippen LogP contribution in [0.1, 0.15) is 19.4 Å². The molecule has 0 saturated heterocycles. The molecule has 4 heteroatoms. The first-order chi connectivity index (χ1) is 8.56. The van der Waals surface area contributed by atoms with Crippen LogP contribution in [0.5, 0.6) is 5.75 Å². The van der Waals surface area contributed by atoms with Gasteiger partial charge in [0.1, 0.15) is 5.75 Å². The summed E-state index contributed by atoms with van der Waals surface area (Å²) in [4.78, 5) is 2.31.